The molecule has 0 N–H and O–H groups in total. The maximum atomic E-state index is 2.33. The molecule has 7 rings (SSSR count). The van der Waals surface area contributed by atoms with Crippen molar-refractivity contribution in [1.29, 1.82) is 0 Å². The number of hydrogen-bond donors (Lipinski definition) is 0. The second-order valence-electron chi connectivity index (χ2n) is 8.12. The van der Waals surface area contributed by atoms with Crippen LogP contribution in [0.15, 0.2) is 109 Å². The summed E-state index contributed by atoms with van der Waals surface area (Å²) in [6.45, 7) is 0. The van der Waals surface area contributed by atoms with E-state index < -0.39 is 0 Å². The molecule has 0 unspecified atom stereocenters. The average molecular weight is 378 g/mol. The molecule has 0 aromatic heterocycles. The van der Waals surface area contributed by atoms with Crippen LogP contribution in [0.3, 0.4) is 0 Å². The molecular formula is C30H18. The predicted molar refractivity (Wildman–Crippen MR) is 131 cm³/mol. The fourth-order valence-electron chi connectivity index (χ4n) is 5.34. The second-order valence-corrected chi connectivity index (χ2v) is 8.12. The van der Waals surface area contributed by atoms with Gasteiger partial charge in [-0.05, 0) is 65.0 Å². The summed E-state index contributed by atoms with van der Waals surface area (Å²) in [5.74, 6) is 0. The van der Waals surface area contributed by atoms with E-state index in [9.17, 15) is 0 Å². The van der Waals surface area contributed by atoms with Crippen LogP contribution in [-0.4, -0.2) is 0 Å². The van der Waals surface area contributed by atoms with Gasteiger partial charge in [0.05, 0.1) is 0 Å². The van der Waals surface area contributed by atoms with Gasteiger partial charge >= 0.3 is 0 Å². The normalized spacial score (nSPS) is 12.0. The van der Waals surface area contributed by atoms with E-state index >= 15 is 0 Å². The summed E-state index contributed by atoms with van der Waals surface area (Å²) in [6.07, 6.45) is 0. The third-order valence-corrected chi connectivity index (χ3v) is 6.61. The molecule has 0 radical (unpaired) electrons. The molecule has 0 bridgehead atoms. The molecule has 0 saturated heterocycles. The number of benzene rings is 7. The summed E-state index contributed by atoms with van der Waals surface area (Å²) in [6, 6.07) is 40.1. The lowest BCUT2D eigenvalue weighted by Gasteiger charge is -2.17. The third-order valence-electron chi connectivity index (χ3n) is 6.61. The van der Waals surface area contributed by atoms with Crippen LogP contribution in [0.4, 0.5) is 0 Å². The van der Waals surface area contributed by atoms with Gasteiger partial charge in [0.1, 0.15) is 0 Å². The Morgan fingerprint density at radius 2 is 0.767 bits per heavy atom. The van der Waals surface area contributed by atoms with Crippen LogP contribution >= 0.6 is 0 Å². The highest BCUT2D eigenvalue weighted by Crippen LogP contribution is 2.43. The second kappa shape index (κ2) is 5.81. The molecule has 0 nitrogen and oxygen atoms in total. The monoisotopic (exact) mass is 378 g/mol. The Kier molecular flexibility index (Phi) is 3.09. The van der Waals surface area contributed by atoms with E-state index in [0.29, 0.717) is 0 Å². The summed E-state index contributed by atoms with van der Waals surface area (Å²) < 4.78 is 0. The van der Waals surface area contributed by atoms with Gasteiger partial charge in [0.25, 0.3) is 0 Å². The van der Waals surface area contributed by atoms with Gasteiger partial charge in [0.15, 0.2) is 0 Å². The molecule has 0 heteroatoms. The lowest BCUT2D eigenvalue weighted by Crippen LogP contribution is -1.89. The van der Waals surface area contributed by atoms with Gasteiger partial charge in [-0.3, -0.25) is 0 Å². The fourth-order valence-corrected chi connectivity index (χ4v) is 5.34. The maximum absolute atomic E-state index is 2.33. The Morgan fingerprint density at radius 3 is 1.60 bits per heavy atom. The highest BCUT2D eigenvalue weighted by atomic mass is 14.2. The van der Waals surface area contributed by atoms with E-state index in [-0.39, 0.29) is 0 Å². The molecule has 138 valence electrons. The minimum absolute atomic E-state index is 1.28. The fraction of sp³-hybridized carbons (Fsp3) is 0. The first-order chi connectivity index (χ1) is 14.9. The molecule has 0 aliphatic heterocycles. The van der Waals surface area contributed by atoms with Gasteiger partial charge in [-0.25, -0.2) is 0 Å². The van der Waals surface area contributed by atoms with Crippen LogP contribution in [0.2, 0.25) is 0 Å². The highest BCUT2D eigenvalue weighted by molar-refractivity contribution is 6.34. The Hall–Kier alpha value is -3.90. The predicted octanol–water partition coefficient (Wildman–Crippen LogP) is 8.56. The van der Waals surface area contributed by atoms with Crippen LogP contribution < -0.4 is 0 Å². The zero-order chi connectivity index (χ0) is 19.7. The highest BCUT2D eigenvalue weighted by Gasteiger charge is 2.15. The van der Waals surface area contributed by atoms with Crippen molar-refractivity contribution in [3.8, 4) is 11.1 Å². The van der Waals surface area contributed by atoms with Crippen LogP contribution in [0, 0.1) is 0 Å². The van der Waals surface area contributed by atoms with Crippen molar-refractivity contribution in [2.75, 3.05) is 0 Å². The van der Waals surface area contributed by atoms with E-state index in [2.05, 4.69) is 109 Å². The Labute approximate surface area is 174 Å². The molecule has 0 aliphatic carbocycles. The molecule has 0 atom stereocenters. The van der Waals surface area contributed by atoms with Crippen molar-refractivity contribution in [1.82, 2.24) is 0 Å². The molecule has 7 aromatic carbocycles. The van der Waals surface area contributed by atoms with Crippen molar-refractivity contribution in [2.45, 2.75) is 0 Å². The van der Waals surface area contributed by atoms with Crippen molar-refractivity contribution < 1.29 is 0 Å². The van der Waals surface area contributed by atoms with Crippen molar-refractivity contribution in [3.05, 3.63) is 109 Å². The molecule has 0 saturated carbocycles. The molecule has 0 fully saturated rings. The first kappa shape index (κ1) is 16.0. The molecule has 7 aromatic rings. The Bertz CT molecular complexity index is 1680. The molecular weight excluding hydrogens is 360 g/mol. The van der Waals surface area contributed by atoms with Gasteiger partial charge in [-0.15, -0.1) is 0 Å². The first-order valence-corrected chi connectivity index (χ1v) is 10.5. The number of rotatable bonds is 1. The molecule has 30 heavy (non-hydrogen) atoms. The summed E-state index contributed by atoms with van der Waals surface area (Å²) in [4.78, 5) is 0. The van der Waals surface area contributed by atoms with Crippen molar-refractivity contribution >= 4 is 53.9 Å². The van der Waals surface area contributed by atoms with Gasteiger partial charge in [-0.1, -0.05) is 109 Å². The van der Waals surface area contributed by atoms with Gasteiger partial charge < -0.3 is 0 Å². The minimum Gasteiger partial charge on any atom is -0.0616 e. The van der Waals surface area contributed by atoms with Crippen molar-refractivity contribution in [3.63, 3.8) is 0 Å². The standard InChI is InChI=1S/C30H18/c1-2-11-21-19(7-1)8-3-12-22(21)23-17-18-28-26-14-5-10-20-9-4-13-25(29(20)26)27-16-6-15-24(23)30(27)28/h1-18H. The van der Waals surface area contributed by atoms with Gasteiger partial charge in [0.2, 0.25) is 0 Å². The Morgan fingerprint density at radius 1 is 0.267 bits per heavy atom. The molecule has 0 heterocycles. The van der Waals surface area contributed by atoms with Crippen LogP contribution in [0.25, 0.3) is 65.0 Å². The van der Waals surface area contributed by atoms with E-state index in [0.717, 1.165) is 0 Å². The number of hydrogen-bond acceptors (Lipinski definition) is 0. The lowest BCUT2D eigenvalue weighted by molar-refractivity contribution is 1.70. The summed E-state index contributed by atoms with van der Waals surface area (Å²) in [5, 5.41) is 13.3. The summed E-state index contributed by atoms with van der Waals surface area (Å²) in [7, 11) is 0. The van der Waals surface area contributed by atoms with Crippen LogP contribution in [-0.2, 0) is 0 Å². The number of fused-ring (bicyclic) bond motifs is 3. The largest absolute Gasteiger partial charge is 0.0616 e. The van der Waals surface area contributed by atoms with Gasteiger partial charge in [0, 0.05) is 0 Å². The zero-order valence-electron chi connectivity index (χ0n) is 16.4. The zero-order valence-corrected chi connectivity index (χ0v) is 16.4. The SMILES string of the molecule is c1ccc2c(-c3ccc4c5cccc6cccc(c7cccc3c74)c65)cccc2c1. The van der Waals surface area contributed by atoms with Crippen LogP contribution in [0.1, 0.15) is 0 Å². The van der Waals surface area contributed by atoms with E-state index in [1.54, 1.807) is 0 Å². The average Bonchev–Trinajstić information content (AvgIpc) is 2.82. The maximum Gasteiger partial charge on any atom is -0.00201 e. The van der Waals surface area contributed by atoms with E-state index in [1.807, 2.05) is 0 Å². The van der Waals surface area contributed by atoms with Crippen LogP contribution in [0.5, 0.6) is 0 Å². The quantitative estimate of drug-likeness (QED) is 0.198. The minimum atomic E-state index is 1.28. The third kappa shape index (κ3) is 2.00. The Balaban J connectivity index is 1.72. The van der Waals surface area contributed by atoms with E-state index in [1.165, 1.54) is 65.0 Å². The molecule has 0 spiro atoms. The molecule has 0 amide bonds. The topological polar surface area (TPSA) is 0 Å². The first-order valence-electron chi connectivity index (χ1n) is 10.5. The lowest BCUT2D eigenvalue weighted by atomic mass is 9.86. The van der Waals surface area contributed by atoms with Crippen molar-refractivity contribution in [2.24, 2.45) is 0 Å². The summed E-state index contributed by atoms with van der Waals surface area (Å²) >= 11 is 0. The molecule has 0 aliphatic rings. The smallest absolute Gasteiger partial charge is 0.00201 e. The van der Waals surface area contributed by atoms with E-state index in [4.69, 9.17) is 0 Å². The summed E-state index contributed by atoms with van der Waals surface area (Å²) in [5.41, 5.74) is 2.60. The van der Waals surface area contributed by atoms with Gasteiger partial charge in [-0.2, -0.15) is 0 Å².